The van der Waals surface area contributed by atoms with Crippen LogP contribution < -0.4 is 15.0 Å². The summed E-state index contributed by atoms with van der Waals surface area (Å²) in [5.74, 6) is 0.487. The average molecular weight is 585 g/mol. The maximum atomic E-state index is 12.4. The van der Waals surface area contributed by atoms with Crippen molar-refractivity contribution < 1.29 is 9.53 Å². The fourth-order valence-corrected chi connectivity index (χ4v) is 5.45. The number of methoxy groups -OCH3 is 1. The van der Waals surface area contributed by atoms with Crippen LogP contribution in [0.4, 0.5) is 11.4 Å². The summed E-state index contributed by atoms with van der Waals surface area (Å²) >= 11 is 6.95. The van der Waals surface area contributed by atoms with Gasteiger partial charge in [-0.3, -0.25) is 9.69 Å². The monoisotopic (exact) mass is 583 g/mol. The van der Waals surface area contributed by atoms with E-state index < -0.39 is 0 Å². The standard InChI is InChI=1S/C27H27Br2N3O2/c1-34-27-21(17-22(28)18-25(27)29)7-12-26(33)30-23-8-10-24(11-9-23)32-15-13-31(14-16-32)19-20-5-3-2-4-6-20/h2-12,17-18H,13-16,19H2,1H3,(H,30,33)/b12-7+. The van der Waals surface area contributed by atoms with Gasteiger partial charge in [-0.1, -0.05) is 46.3 Å². The van der Waals surface area contributed by atoms with E-state index in [4.69, 9.17) is 4.74 Å². The number of carbonyl (C=O) groups is 1. The molecule has 1 fully saturated rings. The molecule has 34 heavy (non-hydrogen) atoms. The minimum Gasteiger partial charge on any atom is -0.495 e. The van der Waals surface area contributed by atoms with Gasteiger partial charge in [-0.25, -0.2) is 0 Å². The van der Waals surface area contributed by atoms with Gasteiger partial charge in [0.2, 0.25) is 5.91 Å². The molecule has 1 heterocycles. The average Bonchev–Trinajstić information content (AvgIpc) is 2.84. The molecular weight excluding hydrogens is 558 g/mol. The molecule has 1 aliphatic rings. The number of halogens is 2. The molecule has 176 valence electrons. The summed E-state index contributed by atoms with van der Waals surface area (Å²) in [7, 11) is 1.61. The van der Waals surface area contributed by atoms with Crippen LogP contribution in [0.3, 0.4) is 0 Å². The molecular formula is C27H27Br2N3O2. The molecule has 0 aromatic heterocycles. The lowest BCUT2D eigenvalue weighted by Crippen LogP contribution is -2.45. The number of ether oxygens (including phenoxy) is 1. The van der Waals surface area contributed by atoms with E-state index in [1.807, 2.05) is 24.3 Å². The second-order valence-corrected chi connectivity index (χ2v) is 9.90. The summed E-state index contributed by atoms with van der Waals surface area (Å²) in [4.78, 5) is 17.3. The van der Waals surface area contributed by atoms with E-state index in [-0.39, 0.29) is 5.91 Å². The van der Waals surface area contributed by atoms with Gasteiger partial charge >= 0.3 is 0 Å². The Bertz CT molecular complexity index is 1140. The molecule has 0 radical (unpaired) electrons. The minimum atomic E-state index is -0.194. The number of rotatable bonds is 7. The van der Waals surface area contributed by atoms with Crippen molar-refractivity contribution in [3.8, 4) is 5.75 Å². The molecule has 3 aromatic rings. The van der Waals surface area contributed by atoms with E-state index >= 15 is 0 Å². The Morgan fingerprint density at radius 3 is 2.38 bits per heavy atom. The first-order valence-electron chi connectivity index (χ1n) is 11.2. The van der Waals surface area contributed by atoms with Crippen LogP contribution in [0.2, 0.25) is 0 Å². The number of nitrogens with one attached hydrogen (secondary N) is 1. The third-order valence-electron chi connectivity index (χ3n) is 5.78. The maximum absolute atomic E-state index is 12.4. The Hall–Kier alpha value is -2.61. The van der Waals surface area contributed by atoms with Crippen LogP contribution in [0.5, 0.6) is 5.75 Å². The van der Waals surface area contributed by atoms with Crippen LogP contribution in [-0.4, -0.2) is 44.1 Å². The molecule has 0 bridgehead atoms. The van der Waals surface area contributed by atoms with Crippen LogP contribution in [0.15, 0.2) is 81.8 Å². The zero-order valence-corrected chi connectivity index (χ0v) is 22.2. The van der Waals surface area contributed by atoms with Crippen LogP contribution >= 0.6 is 31.9 Å². The Kier molecular flexibility index (Phi) is 8.43. The second-order valence-electron chi connectivity index (χ2n) is 8.13. The van der Waals surface area contributed by atoms with Crippen molar-refractivity contribution >= 4 is 55.2 Å². The summed E-state index contributed by atoms with van der Waals surface area (Å²) in [6.45, 7) is 5.05. The molecule has 7 heteroatoms. The largest absolute Gasteiger partial charge is 0.495 e. The lowest BCUT2D eigenvalue weighted by atomic mass is 10.2. The first-order valence-corrected chi connectivity index (χ1v) is 12.7. The Balaban J connectivity index is 1.30. The molecule has 0 atom stereocenters. The van der Waals surface area contributed by atoms with E-state index in [2.05, 4.69) is 89.4 Å². The van der Waals surface area contributed by atoms with Crippen molar-refractivity contribution in [2.45, 2.75) is 6.54 Å². The highest BCUT2D eigenvalue weighted by molar-refractivity contribution is 9.11. The van der Waals surface area contributed by atoms with Crippen LogP contribution in [0, 0.1) is 0 Å². The van der Waals surface area contributed by atoms with Crippen LogP contribution in [-0.2, 0) is 11.3 Å². The molecule has 1 amide bonds. The fourth-order valence-electron chi connectivity index (χ4n) is 4.03. The molecule has 0 spiro atoms. The van der Waals surface area contributed by atoms with Gasteiger partial charge in [-0.05, 0) is 64.0 Å². The smallest absolute Gasteiger partial charge is 0.248 e. The third kappa shape index (κ3) is 6.50. The number of benzene rings is 3. The van der Waals surface area contributed by atoms with Crippen molar-refractivity contribution in [2.24, 2.45) is 0 Å². The summed E-state index contributed by atoms with van der Waals surface area (Å²) in [5, 5.41) is 2.93. The first-order chi connectivity index (χ1) is 16.5. The quantitative estimate of drug-likeness (QED) is 0.336. The van der Waals surface area contributed by atoms with Gasteiger partial charge in [-0.15, -0.1) is 0 Å². The Morgan fingerprint density at radius 2 is 1.71 bits per heavy atom. The van der Waals surface area contributed by atoms with Gasteiger partial charge in [0.15, 0.2) is 0 Å². The number of nitrogens with zero attached hydrogens (tertiary/aromatic N) is 2. The molecule has 0 unspecified atom stereocenters. The van der Waals surface area contributed by atoms with E-state index in [9.17, 15) is 4.79 Å². The molecule has 1 N–H and O–H groups in total. The van der Waals surface area contributed by atoms with Gasteiger partial charge in [0.1, 0.15) is 5.75 Å². The predicted octanol–water partition coefficient (Wildman–Crippen LogP) is 6.19. The number of anilines is 2. The molecule has 0 aliphatic carbocycles. The number of hydrogen-bond acceptors (Lipinski definition) is 4. The molecule has 4 rings (SSSR count). The molecule has 0 saturated carbocycles. The molecule has 1 aliphatic heterocycles. The zero-order chi connectivity index (χ0) is 23.9. The van der Waals surface area contributed by atoms with Gasteiger partial charge in [0.05, 0.1) is 11.6 Å². The molecule has 5 nitrogen and oxygen atoms in total. The maximum Gasteiger partial charge on any atom is 0.248 e. The van der Waals surface area contributed by atoms with Crippen molar-refractivity contribution in [3.63, 3.8) is 0 Å². The van der Waals surface area contributed by atoms with Crippen molar-refractivity contribution in [2.75, 3.05) is 43.5 Å². The highest BCUT2D eigenvalue weighted by Crippen LogP contribution is 2.33. The number of amides is 1. The van der Waals surface area contributed by atoms with E-state index in [1.165, 1.54) is 17.3 Å². The SMILES string of the molecule is COc1c(Br)cc(Br)cc1/C=C/C(=O)Nc1ccc(N2CCN(Cc3ccccc3)CC2)cc1. The lowest BCUT2D eigenvalue weighted by Gasteiger charge is -2.36. The van der Waals surface area contributed by atoms with Gasteiger partial charge in [-0.2, -0.15) is 0 Å². The number of carbonyl (C=O) groups excluding carboxylic acids is 1. The van der Waals surface area contributed by atoms with E-state index in [1.54, 1.807) is 13.2 Å². The van der Waals surface area contributed by atoms with Crippen LogP contribution in [0.1, 0.15) is 11.1 Å². The van der Waals surface area contributed by atoms with Gasteiger partial charge < -0.3 is 15.0 Å². The van der Waals surface area contributed by atoms with Crippen molar-refractivity contribution in [1.29, 1.82) is 0 Å². The van der Waals surface area contributed by atoms with Gasteiger partial charge in [0, 0.05) is 60.2 Å². The lowest BCUT2D eigenvalue weighted by molar-refractivity contribution is -0.111. The number of piperazine rings is 1. The van der Waals surface area contributed by atoms with E-state index in [0.29, 0.717) is 5.75 Å². The van der Waals surface area contributed by atoms with Gasteiger partial charge in [0.25, 0.3) is 0 Å². The normalized spacial score (nSPS) is 14.4. The van der Waals surface area contributed by atoms with Crippen LogP contribution in [0.25, 0.3) is 6.08 Å². The molecule has 3 aromatic carbocycles. The predicted molar refractivity (Wildman–Crippen MR) is 146 cm³/mol. The van der Waals surface area contributed by atoms with Crippen molar-refractivity contribution in [1.82, 2.24) is 4.90 Å². The summed E-state index contributed by atoms with van der Waals surface area (Å²) in [5.41, 5.74) is 4.11. The minimum absolute atomic E-state index is 0.194. The summed E-state index contributed by atoms with van der Waals surface area (Å²) in [6.07, 6.45) is 3.25. The summed E-state index contributed by atoms with van der Waals surface area (Å²) < 4.78 is 7.15. The molecule has 1 saturated heterocycles. The first kappa shape index (κ1) is 24.5. The highest BCUT2D eigenvalue weighted by atomic mass is 79.9. The third-order valence-corrected chi connectivity index (χ3v) is 6.82. The Labute approximate surface area is 217 Å². The zero-order valence-electron chi connectivity index (χ0n) is 19.0. The Morgan fingerprint density at radius 1 is 1.00 bits per heavy atom. The van der Waals surface area contributed by atoms with E-state index in [0.717, 1.165) is 52.9 Å². The summed E-state index contributed by atoms with van der Waals surface area (Å²) in [6, 6.07) is 22.5. The second kappa shape index (κ2) is 11.7. The number of hydrogen-bond donors (Lipinski definition) is 1. The highest BCUT2D eigenvalue weighted by Gasteiger charge is 2.17. The van der Waals surface area contributed by atoms with Crippen molar-refractivity contribution in [3.05, 3.63) is 92.9 Å². The fraction of sp³-hybridized carbons (Fsp3) is 0.222. The topological polar surface area (TPSA) is 44.8 Å².